The highest BCUT2D eigenvalue weighted by Crippen LogP contribution is 2.30. The van der Waals surface area contributed by atoms with E-state index in [1.165, 1.54) is 11.8 Å². The number of amides is 1. The van der Waals surface area contributed by atoms with Crippen LogP contribution >= 0.6 is 11.8 Å². The molecule has 1 aromatic heterocycles. The molecule has 1 heterocycles. The van der Waals surface area contributed by atoms with Gasteiger partial charge in [0.2, 0.25) is 11.8 Å². The summed E-state index contributed by atoms with van der Waals surface area (Å²) < 4.78 is 5.71. The largest absolute Gasteiger partial charge is 0.411 e. The Bertz CT molecular complexity index is 652. The van der Waals surface area contributed by atoms with Crippen molar-refractivity contribution in [3.63, 3.8) is 0 Å². The highest BCUT2D eigenvalue weighted by Gasteiger charge is 2.27. The van der Waals surface area contributed by atoms with Gasteiger partial charge in [0.25, 0.3) is 5.22 Å². The van der Waals surface area contributed by atoms with Gasteiger partial charge in [-0.3, -0.25) is 4.79 Å². The molecule has 0 fully saturated rings. The molecule has 0 N–H and O–H groups in total. The first-order chi connectivity index (χ1) is 10.4. The summed E-state index contributed by atoms with van der Waals surface area (Å²) in [5.41, 5.74) is 2.02. The molecule has 0 aliphatic carbocycles. The number of carbonyl (C=O) groups is 1. The topological polar surface area (TPSA) is 59.2 Å². The lowest BCUT2D eigenvalue weighted by atomic mass is 10.1. The monoisotopic (exact) mass is 319 g/mol. The van der Waals surface area contributed by atoms with E-state index in [-0.39, 0.29) is 17.1 Å². The highest BCUT2D eigenvalue weighted by molar-refractivity contribution is 8.00. The van der Waals surface area contributed by atoms with Gasteiger partial charge in [-0.25, -0.2) is 0 Å². The number of hydrogen-bond donors (Lipinski definition) is 0. The molecular weight excluding hydrogens is 298 g/mol. The average molecular weight is 319 g/mol. The van der Waals surface area contributed by atoms with Crippen molar-refractivity contribution in [3.05, 3.63) is 29.8 Å². The fourth-order valence-electron chi connectivity index (χ4n) is 1.99. The molecule has 2 aromatic rings. The first kappa shape index (κ1) is 16.5. The third-order valence-corrected chi connectivity index (χ3v) is 4.56. The molecule has 0 unspecified atom stereocenters. The van der Waals surface area contributed by atoms with Gasteiger partial charge in [-0.2, -0.15) is 0 Å². The lowest BCUT2D eigenvalue weighted by Crippen LogP contribution is -2.34. The van der Waals surface area contributed by atoms with Gasteiger partial charge in [0.15, 0.2) is 0 Å². The third-order valence-electron chi connectivity index (χ3n) is 3.19. The maximum absolute atomic E-state index is 12.2. The maximum Gasteiger partial charge on any atom is 0.277 e. The Morgan fingerprint density at radius 3 is 2.59 bits per heavy atom. The molecule has 5 nitrogen and oxygen atoms in total. The van der Waals surface area contributed by atoms with E-state index in [4.69, 9.17) is 4.42 Å². The molecule has 0 spiro atoms. The van der Waals surface area contributed by atoms with Gasteiger partial charge in [0, 0.05) is 19.7 Å². The van der Waals surface area contributed by atoms with Crippen LogP contribution in [0.15, 0.2) is 33.9 Å². The summed E-state index contributed by atoms with van der Waals surface area (Å²) in [4.78, 5) is 13.8. The van der Waals surface area contributed by atoms with Crippen LogP contribution in [0.4, 0.5) is 0 Å². The number of benzene rings is 1. The van der Waals surface area contributed by atoms with Crippen molar-refractivity contribution in [1.29, 1.82) is 0 Å². The van der Waals surface area contributed by atoms with Crippen molar-refractivity contribution in [3.8, 4) is 11.5 Å². The maximum atomic E-state index is 12.2. The fourth-order valence-corrected chi connectivity index (χ4v) is 3.00. The van der Waals surface area contributed by atoms with Crippen LogP contribution in [0.3, 0.4) is 0 Å². The summed E-state index contributed by atoms with van der Waals surface area (Å²) >= 11 is 1.32. The minimum Gasteiger partial charge on any atom is -0.411 e. The zero-order valence-electron chi connectivity index (χ0n) is 13.5. The lowest BCUT2D eigenvalue weighted by Gasteiger charge is -2.21. The Kier molecular flexibility index (Phi) is 5.24. The third kappa shape index (κ3) is 3.88. The molecule has 0 aliphatic heterocycles. The molecule has 0 saturated heterocycles. The van der Waals surface area contributed by atoms with E-state index in [1.807, 2.05) is 45.0 Å². The van der Waals surface area contributed by atoms with E-state index in [9.17, 15) is 4.79 Å². The van der Waals surface area contributed by atoms with Gasteiger partial charge in [-0.05, 0) is 25.0 Å². The SMILES string of the molecule is Cc1cccc(-c2nnc(S[C@H](C(=O)N(C)C)C(C)C)o2)c1. The van der Waals surface area contributed by atoms with Gasteiger partial charge in [0.1, 0.15) is 0 Å². The quantitative estimate of drug-likeness (QED) is 0.792. The van der Waals surface area contributed by atoms with Gasteiger partial charge < -0.3 is 9.32 Å². The summed E-state index contributed by atoms with van der Waals surface area (Å²) in [6.45, 7) is 6.04. The molecule has 0 aliphatic rings. The number of aryl methyl sites for hydroxylation is 1. The first-order valence-electron chi connectivity index (χ1n) is 7.17. The number of nitrogens with zero attached hydrogens (tertiary/aromatic N) is 3. The molecule has 22 heavy (non-hydrogen) atoms. The summed E-state index contributed by atoms with van der Waals surface area (Å²) in [6.07, 6.45) is 0. The van der Waals surface area contributed by atoms with Crippen LogP contribution in [0.2, 0.25) is 0 Å². The van der Waals surface area contributed by atoms with Crippen molar-refractivity contribution in [1.82, 2.24) is 15.1 Å². The average Bonchev–Trinajstić information content (AvgIpc) is 2.92. The number of carbonyl (C=O) groups excluding carboxylic acids is 1. The van der Waals surface area contributed by atoms with Gasteiger partial charge >= 0.3 is 0 Å². The van der Waals surface area contributed by atoms with Crippen LogP contribution in [-0.2, 0) is 4.79 Å². The second-order valence-corrected chi connectivity index (χ2v) is 6.85. The van der Waals surface area contributed by atoms with Crippen LogP contribution < -0.4 is 0 Å². The van der Waals surface area contributed by atoms with E-state index in [0.717, 1.165) is 11.1 Å². The smallest absolute Gasteiger partial charge is 0.277 e. The molecule has 6 heteroatoms. The van der Waals surface area contributed by atoms with Gasteiger partial charge in [0.05, 0.1) is 5.25 Å². The van der Waals surface area contributed by atoms with Gasteiger partial charge in [-0.15, -0.1) is 10.2 Å². The molecule has 118 valence electrons. The van der Waals surface area contributed by atoms with Crippen LogP contribution in [0.1, 0.15) is 19.4 Å². The molecule has 0 bridgehead atoms. The highest BCUT2D eigenvalue weighted by atomic mass is 32.2. The Labute approximate surface area is 135 Å². The van der Waals surface area contributed by atoms with Gasteiger partial charge in [-0.1, -0.05) is 43.3 Å². The summed E-state index contributed by atoms with van der Waals surface area (Å²) in [5.74, 6) is 0.704. The first-order valence-corrected chi connectivity index (χ1v) is 8.05. The molecule has 1 atom stereocenters. The molecular formula is C16H21N3O2S. The Hall–Kier alpha value is -1.82. The van der Waals surface area contributed by atoms with E-state index in [0.29, 0.717) is 11.1 Å². The van der Waals surface area contributed by atoms with Crippen molar-refractivity contribution in [2.45, 2.75) is 31.2 Å². The zero-order chi connectivity index (χ0) is 16.3. The minimum absolute atomic E-state index is 0.0512. The summed E-state index contributed by atoms with van der Waals surface area (Å²) in [6, 6.07) is 7.89. The molecule has 0 radical (unpaired) electrons. The normalized spacial score (nSPS) is 12.5. The van der Waals surface area contributed by atoms with Crippen molar-refractivity contribution >= 4 is 17.7 Å². The van der Waals surface area contributed by atoms with Crippen LogP contribution in [0, 0.1) is 12.8 Å². The molecule has 2 rings (SSSR count). The van der Waals surface area contributed by atoms with Crippen LogP contribution in [0.25, 0.3) is 11.5 Å². The Morgan fingerprint density at radius 2 is 2.00 bits per heavy atom. The van der Waals surface area contributed by atoms with E-state index >= 15 is 0 Å². The lowest BCUT2D eigenvalue weighted by molar-refractivity contribution is -0.128. The second-order valence-electron chi connectivity index (χ2n) is 5.76. The zero-order valence-corrected chi connectivity index (χ0v) is 14.3. The second kappa shape index (κ2) is 6.96. The van der Waals surface area contributed by atoms with Crippen molar-refractivity contribution < 1.29 is 9.21 Å². The Balaban J connectivity index is 2.19. The molecule has 1 amide bonds. The summed E-state index contributed by atoms with van der Waals surface area (Å²) in [5, 5.41) is 8.33. The predicted molar refractivity (Wildman–Crippen MR) is 87.6 cm³/mol. The molecule has 1 aromatic carbocycles. The number of hydrogen-bond acceptors (Lipinski definition) is 5. The van der Waals surface area contributed by atoms with Crippen LogP contribution in [0.5, 0.6) is 0 Å². The van der Waals surface area contributed by atoms with Crippen molar-refractivity contribution in [2.75, 3.05) is 14.1 Å². The van der Waals surface area contributed by atoms with E-state index < -0.39 is 0 Å². The van der Waals surface area contributed by atoms with Crippen LogP contribution in [-0.4, -0.2) is 40.3 Å². The number of rotatable bonds is 5. The van der Waals surface area contributed by atoms with E-state index in [2.05, 4.69) is 10.2 Å². The van der Waals surface area contributed by atoms with E-state index in [1.54, 1.807) is 19.0 Å². The number of thioether (sulfide) groups is 1. The minimum atomic E-state index is -0.235. The molecule has 0 saturated carbocycles. The van der Waals surface area contributed by atoms with Crippen molar-refractivity contribution in [2.24, 2.45) is 5.92 Å². The summed E-state index contributed by atoms with van der Waals surface area (Å²) in [7, 11) is 3.51. The fraction of sp³-hybridized carbons (Fsp3) is 0.438. The standard InChI is InChI=1S/C16H21N3O2S/c1-10(2)13(15(20)19(4)5)22-16-18-17-14(21-16)12-8-6-7-11(3)9-12/h6-10,13H,1-5H3/t13-/m0/s1. The predicted octanol–water partition coefficient (Wildman–Crippen LogP) is 3.25. The number of aromatic nitrogens is 2. The Morgan fingerprint density at radius 1 is 1.27 bits per heavy atom.